The molecule has 0 spiro atoms. The van der Waals surface area contributed by atoms with Crippen LogP contribution in [0.5, 0.6) is 46.0 Å². The molecule has 60 heavy (non-hydrogen) atoms. The molecule has 0 aliphatic rings. The van der Waals surface area contributed by atoms with Gasteiger partial charge in [-0.1, -0.05) is 99.5 Å². The van der Waals surface area contributed by atoms with Crippen LogP contribution in [0.15, 0.2) is 167 Å². The Morgan fingerprint density at radius 2 is 0.717 bits per heavy atom. The van der Waals surface area contributed by atoms with Gasteiger partial charge in [-0.05, 0) is 73.5 Å². The summed E-state index contributed by atoms with van der Waals surface area (Å²) in [6.07, 6.45) is 3.50. The van der Waals surface area contributed by atoms with Gasteiger partial charge in [-0.25, -0.2) is 0 Å². The lowest BCUT2D eigenvalue weighted by Gasteiger charge is -2.21. The number of rotatable bonds is 14. The molecule has 0 saturated carbocycles. The molecule has 0 unspecified atom stereocenters. The Labute approximate surface area is 347 Å². The van der Waals surface area contributed by atoms with E-state index >= 15 is 9.59 Å². The molecule has 7 aromatic carbocycles. The van der Waals surface area contributed by atoms with Crippen molar-refractivity contribution in [1.29, 1.82) is 0 Å². The molecule has 0 radical (unpaired) electrons. The lowest BCUT2D eigenvalue weighted by molar-refractivity contribution is 0.463. The van der Waals surface area contributed by atoms with Crippen LogP contribution in [0, 0.1) is 0 Å². The molecule has 9 rings (SSSR count). The lowest BCUT2D eigenvalue weighted by atomic mass is 10.0. The average molecular weight is 793 g/mol. The molecule has 0 bridgehead atoms. The zero-order valence-electron chi connectivity index (χ0n) is 33.6. The zero-order chi connectivity index (χ0) is 41.0. The molecule has 2 aromatic heterocycles. The van der Waals surface area contributed by atoms with Gasteiger partial charge >= 0.3 is 0 Å². The van der Waals surface area contributed by atoms with Crippen molar-refractivity contribution in [1.82, 2.24) is 9.13 Å². The number of hydrogen-bond donors (Lipinski definition) is 0. The first-order valence-corrected chi connectivity index (χ1v) is 20.6. The largest absolute Gasteiger partial charge is 0.457 e. The van der Waals surface area contributed by atoms with Crippen molar-refractivity contribution >= 4 is 43.6 Å². The van der Waals surface area contributed by atoms with Crippen LogP contribution in [0.2, 0.25) is 0 Å². The summed E-state index contributed by atoms with van der Waals surface area (Å²) in [6, 6.07) is 49.1. The fraction of sp³-hybridized carbons (Fsp3) is 0.154. The summed E-state index contributed by atoms with van der Waals surface area (Å²) < 4.78 is 30.2. The van der Waals surface area contributed by atoms with Gasteiger partial charge in [0.2, 0.25) is 10.9 Å². The van der Waals surface area contributed by atoms with E-state index in [2.05, 4.69) is 23.0 Å². The van der Waals surface area contributed by atoms with Crippen molar-refractivity contribution in [2.24, 2.45) is 0 Å². The number of pyridine rings is 2. The Bertz CT molecular complexity index is 2880. The third kappa shape index (κ3) is 7.55. The molecule has 8 nitrogen and oxygen atoms in total. The Hall–Kier alpha value is -7.32. The standard InChI is InChI=1S/C52H44N2O6/c1-3-5-27-53-43-33-42-44(34-41(43)51(55)49-45(53)29-39(57-35-19-11-7-12-20-35)31-47(49)59-37-23-15-9-16-24-37)54(28-6-4-2)46-30-40(58-36-21-13-8-14-22-36)32-48(50(46)52(42)56)60-38-25-17-10-18-26-38/h7-26,29-34H,3-6,27-28H2,1-2H3. The summed E-state index contributed by atoms with van der Waals surface area (Å²) >= 11 is 0. The fourth-order valence-electron chi connectivity index (χ4n) is 7.82. The highest BCUT2D eigenvalue weighted by Crippen LogP contribution is 2.40. The van der Waals surface area contributed by atoms with E-state index in [1.165, 1.54) is 0 Å². The lowest BCUT2D eigenvalue weighted by Crippen LogP contribution is -2.17. The first-order chi connectivity index (χ1) is 29.5. The van der Waals surface area contributed by atoms with Gasteiger partial charge in [0, 0.05) is 48.1 Å². The number of aromatic nitrogens is 2. The Morgan fingerprint density at radius 1 is 0.383 bits per heavy atom. The summed E-state index contributed by atoms with van der Waals surface area (Å²) in [7, 11) is 0. The molecule has 0 N–H and O–H groups in total. The highest BCUT2D eigenvalue weighted by atomic mass is 16.5. The van der Waals surface area contributed by atoms with E-state index in [-0.39, 0.29) is 10.9 Å². The van der Waals surface area contributed by atoms with Gasteiger partial charge in [0.15, 0.2) is 0 Å². The van der Waals surface area contributed by atoms with Crippen molar-refractivity contribution < 1.29 is 18.9 Å². The third-order valence-corrected chi connectivity index (χ3v) is 10.7. The van der Waals surface area contributed by atoms with E-state index in [0.717, 1.165) is 25.7 Å². The highest BCUT2D eigenvalue weighted by Gasteiger charge is 2.23. The summed E-state index contributed by atoms with van der Waals surface area (Å²) in [5.41, 5.74) is 2.23. The van der Waals surface area contributed by atoms with E-state index in [4.69, 9.17) is 18.9 Å². The SMILES string of the molecule is CCCCn1c2cc3c(=O)c4c(Oc5ccccc5)cc(Oc5ccccc5)cc4n(CCCC)c3cc2c(=O)c2c(Oc3ccccc3)cc(Oc3ccccc3)cc21. The Balaban J connectivity index is 1.36. The molecule has 8 heteroatoms. The van der Waals surface area contributed by atoms with E-state index in [0.29, 0.717) is 103 Å². The van der Waals surface area contributed by atoms with Crippen molar-refractivity contribution in [3.05, 3.63) is 178 Å². The zero-order valence-corrected chi connectivity index (χ0v) is 33.6. The highest BCUT2D eigenvalue weighted by molar-refractivity contribution is 6.06. The minimum atomic E-state index is -0.198. The van der Waals surface area contributed by atoms with Gasteiger partial charge in [-0.3, -0.25) is 9.59 Å². The van der Waals surface area contributed by atoms with Crippen molar-refractivity contribution in [2.45, 2.75) is 52.6 Å². The minimum Gasteiger partial charge on any atom is -0.457 e. The van der Waals surface area contributed by atoms with Gasteiger partial charge in [-0.15, -0.1) is 0 Å². The topological polar surface area (TPSA) is 80.9 Å². The first kappa shape index (κ1) is 38.2. The molecule has 298 valence electrons. The van der Waals surface area contributed by atoms with Crippen LogP contribution in [0.3, 0.4) is 0 Å². The molecular weight excluding hydrogens is 749 g/mol. The Kier molecular flexibility index (Phi) is 10.7. The molecular formula is C52H44N2O6. The number of unbranched alkanes of at least 4 members (excludes halogenated alkanes) is 2. The molecule has 0 aliphatic carbocycles. The molecule has 0 amide bonds. The maximum Gasteiger partial charge on any atom is 0.201 e. The van der Waals surface area contributed by atoms with Crippen molar-refractivity contribution in [3.63, 3.8) is 0 Å². The fourth-order valence-corrected chi connectivity index (χ4v) is 7.82. The van der Waals surface area contributed by atoms with Gasteiger partial charge in [0.05, 0.1) is 32.8 Å². The number of para-hydroxylation sites is 4. The predicted molar refractivity (Wildman–Crippen MR) is 241 cm³/mol. The second-order valence-electron chi connectivity index (χ2n) is 14.8. The molecule has 0 fully saturated rings. The molecule has 9 aromatic rings. The van der Waals surface area contributed by atoms with E-state index < -0.39 is 0 Å². The smallest absolute Gasteiger partial charge is 0.201 e. The minimum absolute atomic E-state index is 0.198. The van der Waals surface area contributed by atoms with Crippen LogP contribution in [0.25, 0.3) is 43.6 Å². The summed E-state index contributed by atoms with van der Waals surface area (Å²) in [6.45, 7) is 5.46. The number of fused-ring (bicyclic) bond motifs is 4. The predicted octanol–water partition coefficient (Wildman–Crippen LogP) is 13.4. The van der Waals surface area contributed by atoms with Crippen molar-refractivity contribution in [3.8, 4) is 46.0 Å². The van der Waals surface area contributed by atoms with E-state index in [9.17, 15) is 0 Å². The number of ether oxygens (including phenoxy) is 4. The summed E-state index contributed by atoms with van der Waals surface area (Å²) in [5, 5.41) is 1.84. The number of nitrogens with zero attached hydrogens (tertiary/aromatic N) is 2. The van der Waals surface area contributed by atoms with E-state index in [1.54, 1.807) is 12.1 Å². The second kappa shape index (κ2) is 16.9. The average Bonchev–Trinajstić information content (AvgIpc) is 3.27. The summed E-state index contributed by atoms with van der Waals surface area (Å²) in [4.78, 5) is 30.3. The van der Waals surface area contributed by atoms with Crippen LogP contribution in [0.1, 0.15) is 39.5 Å². The Morgan fingerprint density at radius 3 is 1.05 bits per heavy atom. The van der Waals surface area contributed by atoms with Crippen LogP contribution in [-0.4, -0.2) is 9.13 Å². The van der Waals surface area contributed by atoms with Gasteiger partial charge in [0.25, 0.3) is 0 Å². The maximum absolute atomic E-state index is 15.2. The second-order valence-corrected chi connectivity index (χ2v) is 14.8. The van der Waals surface area contributed by atoms with Crippen LogP contribution in [0.4, 0.5) is 0 Å². The van der Waals surface area contributed by atoms with Crippen LogP contribution < -0.4 is 29.8 Å². The molecule has 0 saturated heterocycles. The first-order valence-electron chi connectivity index (χ1n) is 20.6. The quantitative estimate of drug-likeness (QED) is 0.102. The number of benzene rings is 7. The van der Waals surface area contributed by atoms with Crippen molar-refractivity contribution in [2.75, 3.05) is 0 Å². The summed E-state index contributed by atoms with van der Waals surface area (Å²) in [5.74, 6) is 4.31. The monoisotopic (exact) mass is 792 g/mol. The number of hydrogen-bond acceptors (Lipinski definition) is 6. The molecule has 2 heterocycles. The number of aryl methyl sites for hydroxylation is 2. The van der Waals surface area contributed by atoms with E-state index in [1.807, 2.05) is 146 Å². The van der Waals surface area contributed by atoms with Gasteiger partial charge < -0.3 is 28.1 Å². The van der Waals surface area contributed by atoms with Crippen LogP contribution in [-0.2, 0) is 13.1 Å². The van der Waals surface area contributed by atoms with Gasteiger partial charge in [-0.2, -0.15) is 0 Å². The maximum atomic E-state index is 15.2. The molecule has 0 aliphatic heterocycles. The van der Waals surface area contributed by atoms with Gasteiger partial charge in [0.1, 0.15) is 46.0 Å². The molecule has 0 atom stereocenters. The third-order valence-electron chi connectivity index (χ3n) is 10.7. The van der Waals surface area contributed by atoms with Crippen LogP contribution >= 0.6 is 0 Å². The normalized spacial score (nSPS) is 11.4.